The summed E-state index contributed by atoms with van der Waals surface area (Å²) in [5.41, 5.74) is 3.00. The van der Waals surface area contributed by atoms with E-state index >= 15 is 0 Å². The highest BCUT2D eigenvalue weighted by Crippen LogP contribution is 2.34. The van der Waals surface area contributed by atoms with Gasteiger partial charge in [0, 0.05) is 31.1 Å². The number of hydrogen-bond acceptors (Lipinski definition) is 5. The number of nitro groups is 1. The van der Waals surface area contributed by atoms with Crippen molar-refractivity contribution in [2.45, 2.75) is 32.0 Å². The number of alkyl halides is 3. The van der Waals surface area contributed by atoms with Gasteiger partial charge in [-0.05, 0) is 26.0 Å². The van der Waals surface area contributed by atoms with E-state index in [0.717, 1.165) is 12.1 Å². The number of halogens is 3. The maximum Gasteiger partial charge on any atom is 0.416 e. The van der Waals surface area contributed by atoms with Crippen LogP contribution in [-0.4, -0.2) is 29.5 Å². The molecule has 0 saturated heterocycles. The molecule has 0 radical (unpaired) electrons. The molecule has 0 unspecified atom stereocenters. The van der Waals surface area contributed by atoms with Gasteiger partial charge in [0.2, 0.25) is 5.91 Å². The van der Waals surface area contributed by atoms with E-state index in [4.69, 9.17) is 5.73 Å². The molecule has 0 saturated carbocycles. The zero-order chi connectivity index (χ0) is 18.5. The third kappa shape index (κ3) is 5.69. The number of hydrogen-bond donors (Lipinski definition) is 3. The number of amides is 1. The van der Waals surface area contributed by atoms with E-state index in [1.807, 2.05) is 0 Å². The predicted octanol–water partition coefficient (Wildman–Crippen LogP) is 2.27. The van der Waals surface area contributed by atoms with Crippen LogP contribution in [0.3, 0.4) is 0 Å². The summed E-state index contributed by atoms with van der Waals surface area (Å²) < 4.78 is 37.8. The average molecular weight is 348 g/mol. The van der Waals surface area contributed by atoms with E-state index in [0.29, 0.717) is 6.07 Å². The van der Waals surface area contributed by atoms with Gasteiger partial charge < -0.3 is 16.4 Å². The van der Waals surface area contributed by atoms with E-state index in [9.17, 15) is 28.1 Å². The zero-order valence-corrected chi connectivity index (χ0v) is 13.2. The lowest BCUT2D eigenvalue weighted by Gasteiger charge is -2.24. The first-order valence-electron chi connectivity index (χ1n) is 7.07. The molecule has 0 aromatic heterocycles. The summed E-state index contributed by atoms with van der Waals surface area (Å²) in [6.45, 7) is 3.73. The van der Waals surface area contributed by atoms with Crippen molar-refractivity contribution < 1.29 is 22.9 Å². The Morgan fingerprint density at radius 3 is 2.46 bits per heavy atom. The second-order valence-electron chi connectivity index (χ2n) is 5.80. The monoisotopic (exact) mass is 348 g/mol. The van der Waals surface area contributed by atoms with Crippen molar-refractivity contribution in [3.63, 3.8) is 0 Å². The predicted molar refractivity (Wildman–Crippen MR) is 82.5 cm³/mol. The van der Waals surface area contributed by atoms with Crippen LogP contribution in [0.15, 0.2) is 18.2 Å². The minimum atomic E-state index is -4.67. The first-order chi connectivity index (χ1) is 11.0. The molecule has 7 nitrogen and oxygen atoms in total. The van der Waals surface area contributed by atoms with Gasteiger partial charge in [-0.2, -0.15) is 13.2 Å². The average Bonchev–Trinajstić information content (AvgIpc) is 2.45. The van der Waals surface area contributed by atoms with Gasteiger partial charge in [-0.1, -0.05) is 0 Å². The number of carbonyl (C=O) groups excluding carboxylic acids is 1. The van der Waals surface area contributed by atoms with Gasteiger partial charge in [0.1, 0.15) is 5.69 Å². The lowest BCUT2D eigenvalue weighted by atomic mass is 10.1. The molecule has 134 valence electrons. The summed E-state index contributed by atoms with van der Waals surface area (Å²) in [5.74, 6) is -0.326. The maximum absolute atomic E-state index is 12.6. The molecular formula is C14H19F3N4O3. The Labute approximate surface area is 136 Å². The van der Waals surface area contributed by atoms with Gasteiger partial charge in [-0.3, -0.25) is 14.9 Å². The van der Waals surface area contributed by atoms with E-state index in [1.54, 1.807) is 13.8 Å². The van der Waals surface area contributed by atoms with Crippen molar-refractivity contribution in [1.82, 2.24) is 5.32 Å². The van der Waals surface area contributed by atoms with Gasteiger partial charge in [-0.25, -0.2) is 0 Å². The SMILES string of the molecule is CC(C)(CN)NC(=O)CCNc1ccc(C(F)(F)F)cc1[N+](=O)[O-]. The Balaban J connectivity index is 2.75. The molecule has 1 amide bonds. The minimum absolute atomic E-state index is 0.0123. The summed E-state index contributed by atoms with van der Waals surface area (Å²) in [7, 11) is 0. The standard InChI is InChI=1S/C14H19F3N4O3/c1-13(2,8-18)20-12(22)5-6-19-10-4-3-9(14(15,16)17)7-11(10)21(23)24/h3-4,7,19H,5-6,8,18H2,1-2H3,(H,20,22). The van der Waals surface area contributed by atoms with Crippen molar-refractivity contribution in [1.29, 1.82) is 0 Å². The first-order valence-corrected chi connectivity index (χ1v) is 7.07. The number of nitrogens with two attached hydrogens (primary N) is 1. The van der Waals surface area contributed by atoms with E-state index in [-0.39, 0.29) is 31.1 Å². The first kappa shape index (κ1) is 19.7. The molecule has 1 aromatic carbocycles. The summed E-state index contributed by atoms with van der Waals surface area (Å²) in [6, 6.07) is 2.18. The van der Waals surface area contributed by atoms with Gasteiger partial charge in [0.05, 0.1) is 10.5 Å². The number of carbonyl (C=O) groups is 1. The fourth-order valence-corrected chi connectivity index (χ4v) is 1.81. The molecule has 0 spiro atoms. The Morgan fingerprint density at radius 2 is 1.96 bits per heavy atom. The molecule has 0 aliphatic rings. The van der Waals surface area contributed by atoms with Crippen molar-refractivity contribution in [3.8, 4) is 0 Å². The number of nitrogens with one attached hydrogen (secondary N) is 2. The van der Waals surface area contributed by atoms with Crippen LogP contribution in [0, 0.1) is 10.1 Å². The summed E-state index contributed by atoms with van der Waals surface area (Å²) in [4.78, 5) is 21.7. The fraction of sp³-hybridized carbons (Fsp3) is 0.500. The molecule has 0 aliphatic heterocycles. The normalized spacial score (nSPS) is 11.9. The minimum Gasteiger partial charge on any atom is -0.379 e. The quantitative estimate of drug-likeness (QED) is 0.517. The van der Waals surface area contributed by atoms with Crippen LogP contribution in [0.25, 0.3) is 0 Å². The zero-order valence-electron chi connectivity index (χ0n) is 13.2. The molecule has 0 aliphatic carbocycles. The number of benzene rings is 1. The highest BCUT2D eigenvalue weighted by Gasteiger charge is 2.33. The van der Waals surface area contributed by atoms with Crippen molar-refractivity contribution in [2.24, 2.45) is 5.73 Å². The molecule has 10 heteroatoms. The molecule has 24 heavy (non-hydrogen) atoms. The lowest BCUT2D eigenvalue weighted by molar-refractivity contribution is -0.384. The molecule has 0 atom stereocenters. The van der Waals surface area contributed by atoms with Crippen molar-refractivity contribution in [2.75, 3.05) is 18.4 Å². The Bertz CT molecular complexity index is 618. The smallest absolute Gasteiger partial charge is 0.379 e. The van der Waals surface area contributed by atoms with Gasteiger partial charge >= 0.3 is 6.18 Å². The van der Waals surface area contributed by atoms with Crippen molar-refractivity contribution in [3.05, 3.63) is 33.9 Å². The summed E-state index contributed by atoms with van der Waals surface area (Å²) in [6.07, 6.45) is -4.68. The van der Waals surface area contributed by atoms with Gasteiger partial charge in [0.25, 0.3) is 5.69 Å². The van der Waals surface area contributed by atoms with Crippen LogP contribution < -0.4 is 16.4 Å². The third-order valence-electron chi connectivity index (χ3n) is 3.18. The van der Waals surface area contributed by atoms with Crippen LogP contribution in [-0.2, 0) is 11.0 Å². The molecule has 1 rings (SSSR count). The van der Waals surface area contributed by atoms with Crippen LogP contribution in [0.1, 0.15) is 25.8 Å². The van der Waals surface area contributed by atoms with Crippen LogP contribution in [0.5, 0.6) is 0 Å². The maximum atomic E-state index is 12.6. The van der Waals surface area contributed by atoms with Gasteiger partial charge in [0.15, 0.2) is 0 Å². The second kappa shape index (κ2) is 7.47. The number of rotatable bonds is 7. The van der Waals surface area contributed by atoms with Crippen LogP contribution in [0.2, 0.25) is 0 Å². The largest absolute Gasteiger partial charge is 0.416 e. The van der Waals surface area contributed by atoms with Crippen LogP contribution >= 0.6 is 0 Å². The molecular weight excluding hydrogens is 329 g/mol. The van der Waals surface area contributed by atoms with Crippen molar-refractivity contribution >= 4 is 17.3 Å². The molecule has 0 bridgehead atoms. The molecule has 0 fully saturated rings. The number of anilines is 1. The van der Waals surface area contributed by atoms with Gasteiger partial charge in [-0.15, -0.1) is 0 Å². The van der Waals surface area contributed by atoms with E-state index in [1.165, 1.54) is 0 Å². The van der Waals surface area contributed by atoms with E-state index in [2.05, 4.69) is 10.6 Å². The van der Waals surface area contributed by atoms with E-state index < -0.39 is 27.9 Å². The Morgan fingerprint density at radius 1 is 1.33 bits per heavy atom. The molecule has 4 N–H and O–H groups in total. The number of nitrogens with zero attached hydrogens (tertiary/aromatic N) is 1. The topological polar surface area (TPSA) is 110 Å². The number of nitro benzene ring substituents is 1. The fourth-order valence-electron chi connectivity index (χ4n) is 1.81. The van der Waals surface area contributed by atoms with Crippen LogP contribution in [0.4, 0.5) is 24.5 Å². The third-order valence-corrected chi connectivity index (χ3v) is 3.18. The molecule has 1 aromatic rings. The summed E-state index contributed by atoms with van der Waals surface area (Å²) in [5, 5.41) is 16.2. The lowest BCUT2D eigenvalue weighted by Crippen LogP contribution is -2.49. The summed E-state index contributed by atoms with van der Waals surface area (Å²) >= 11 is 0. The highest BCUT2D eigenvalue weighted by atomic mass is 19.4. The second-order valence-corrected chi connectivity index (χ2v) is 5.80. The Hall–Kier alpha value is -2.36. The molecule has 0 heterocycles. The highest BCUT2D eigenvalue weighted by molar-refractivity contribution is 5.77. The Kier molecular flexibility index (Phi) is 6.13.